The van der Waals surface area contributed by atoms with Gasteiger partial charge in [-0.3, -0.25) is 0 Å². The summed E-state index contributed by atoms with van der Waals surface area (Å²) >= 11 is 3.25. The van der Waals surface area contributed by atoms with Gasteiger partial charge in [-0.15, -0.1) is 0 Å². The Morgan fingerprint density at radius 3 is 2.27 bits per heavy atom. The Hall–Kier alpha value is -1.41. The molecule has 0 saturated carbocycles. The Labute approximate surface area is 138 Å². The molecule has 0 aliphatic carbocycles. The second kappa shape index (κ2) is 7.23. The van der Waals surface area contributed by atoms with Crippen molar-refractivity contribution in [2.24, 2.45) is 0 Å². The van der Waals surface area contributed by atoms with Crippen LogP contribution in [0.1, 0.15) is 11.7 Å². The summed E-state index contributed by atoms with van der Waals surface area (Å²) in [5.74, 6) is 0.673. The SMILES string of the molecule is COc1ccc(C(O)CNS(=O)(=O)c2ccc(Br)cc2)cc1. The lowest BCUT2D eigenvalue weighted by Gasteiger charge is -2.13. The molecule has 0 aliphatic rings. The third-order valence-corrected chi connectivity index (χ3v) is 5.06. The van der Waals surface area contributed by atoms with E-state index in [4.69, 9.17) is 4.74 Å². The van der Waals surface area contributed by atoms with Crippen molar-refractivity contribution in [3.63, 3.8) is 0 Å². The minimum Gasteiger partial charge on any atom is -0.497 e. The van der Waals surface area contributed by atoms with Gasteiger partial charge in [0.15, 0.2) is 0 Å². The fourth-order valence-corrected chi connectivity index (χ4v) is 3.13. The standard InChI is InChI=1S/C15H16BrNO4S/c1-21-13-6-2-11(3-7-13)15(18)10-17-22(19,20)14-8-4-12(16)5-9-14/h2-9,15,17-18H,10H2,1H3. The summed E-state index contributed by atoms with van der Waals surface area (Å²) in [5, 5.41) is 10.1. The average Bonchev–Trinajstić information content (AvgIpc) is 2.53. The lowest BCUT2D eigenvalue weighted by atomic mass is 10.1. The molecule has 1 unspecified atom stereocenters. The highest BCUT2D eigenvalue weighted by atomic mass is 79.9. The number of methoxy groups -OCH3 is 1. The monoisotopic (exact) mass is 385 g/mol. The molecule has 0 aliphatic heterocycles. The quantitative estimate of drug-likeness (QED) is 0.800. The molecule has 22 heavy (non-hydrogen) atoms. The van der Waals surface area contributed by atoms with E-state index in [9.17, 15) is 13.5 Å². The van der Waals surface area contributed by atoms with Crippen molar-refractivity contribution in [3.8, 4) is 5.75 Å². The molecule has 0 fully saturated rings. The Bertz CT molecular complexity index is 714. The van der Waals surface area contributed by atoms with Crippen LogP contribution in [0.4, 0.5) is 0 Å². The van der Waals surface area contributed by atoms with Gasteiger partial charge < -0.3 is 9.84 Å². The Balaban J connectivity index is 2.02. The Kier molecular flexibility index (Phi) is 5.57. The number of rotatable bonds is 6. The molecular weight excluding hydrogens is 370 g/mol. The summed E-state index contributed by atoms with van der Waals surface area (Å²) in [6.07, 6.45) is -0.934. The lowest BCUT2D eigenvalue weighted by Crippen LogP contribution is -2.28. The normalized spacial score (nSPS) is 12.9. The number of hydrogen-bond acceptors (Lipinski definition) is 4. The van der Waals surface area contributed by atoms with Gasteiger partial charge in [0.1, 0.15) is 5.75 Å². The van der Waals surface area contributed by atoms with Gasteiger partial charge in [-0.05, 0) is 42.0 Å². The molecule has 2 aromatic rings. The molecule has 0 aromatic heterocycles. The largest absolute Gasteiger partial charge is 0.497 e. The number of benzene rings is 2. The van der Waals surface area contributed by atoms with Gasteiger partial charge >= 0.3 is 0 Å². The summed E-state index contributed by atoms with van der Waals surface area (Å²) in [4.78, 5) is 0.151. The van der Waals surface area contributed by atoms with Crippen molar-refractivity contribution >= 4 is 26.0 Å². The van der Waals surface area contributed by atoms with Gasteiger partial charge in [0.2, 0.25) is 10.0 Å². The molecular formula is C15H16BrNO4S. The molecule has 7 heteroatoms. The van der Waals surface area contributed by atoms with Gasteiger partial charge in [-0.1, -0.05) is 28.1 Å². The number of sulfonamides is 1. The number of hydrogen-bond donors (Lipinski definition) is 2. The fraction of sp³-hybridized carbons (Fsp3) is 0.200. The minimum atomic E-state index is -3.65. The highest BCUT2D eigenvalue weighted by Gasteiger charge is 2.16. The maximum Gasteiger partial charge on any atom is 0.240 e. The van der Waals surface area contributed by atoms with Crippen LogP contribution in [-0.4, -0.2) is 27.2 Å². The first-order valence-corrected chi connectivity index (χ1v) is 8.77. The van der Waals surface area contributed by atoms with Crippen molar-refractivity contribution in [3.05, 3.63) is 58.6 Å². The number of halogens is 1. The van der Waals surface area contributed by atoms with E-state index in [0.29, 0.717) is 11.3 Å². The van der Waals surface area contributed by atoms with Crippen molar-refractivity contribution in [2.45, 2.75) is 11.0 Å². The second-order valence-electron chi connectivity index (χ2n) is 4.59. The zero-order valence-electron chi connectivity index (χ0n) is 11.9. The van der Waals surface area contributed by atoms with Gasteiger partial charge in [0.05, 0.1) is 18.1 Å². The summed E-state index contributed by atoms with van der Waals surface area (Å²) < 4.78 is 32.5. The molecule has 2 rings (SSSR count). The van der Waals surface area contributed by atoms with Crippen LogP contribution in [0.25, 0.3) is 0 Å². The van der Waals surface area contributed by atoms with E-state index in [-0.39, 0.29) is 11.4 Å². The maximum atomic E-state index is 12.1. The molecule has 0 heterocycles. The minimum absolute atomic E-state index is 0.106. The van der Waals surface area contributed by atoms with E-state index in [0.717, 1.165) is 4.47 Å². The fourth-order valence-electron chi connectivity index (χ4n) is 1.83. The van der Waals surface area contributed by atoms with E-state index >= 15 is 0 Å². The molecule has 118 valence electrons. The Morgan fingerprint density at radius 1 is 1.14 bits per heavy atom. The van der Waals surface area contributed by atoms with E-state index in [1.807, 2.05) is 0 Å². The second-order valence-corrected chi connectivity index (χ2v) is 7.28. The van der Waals surface area contributed by atoms with E-state index in [1.54, 1.807) is 43.5 Å². The van der Waals surface area contributed by atoms with E-state index in [1.165, 1.54) is 12.1 Å². The highest BCUT2D eigenvalue weighted by Crippen LogP contribution is 2.18. The maximum absolute atomic E-state index is 12.1. The first-order valence-electron chi connectivity index (χ1n) is 6.49. The van der Waals surface area contributed by atoms with Crippen molar-refractivity contribution < 1.29 is 18.3 Å². The molecule has 5 nitrogen and oxygen atoms in total. The summed E-state index contributed by atoms with van der Waals surface area (Å²) in [7, 11) is -2.10. The van der Waals surface area contributed by atoms with Crippen LogP contribution in [0.15, 0.2) is 57.9 Å². The number of nitrogens with one attached hydrogen (secondary N) is 1. The molecule has 0 saturated heterocycles. The Morgan fingerprint density at radius 2 is 1.73 bits per heavy atom. The molecule has 2 N–H and O–H groups in total. The van der Waals surface area contributed by atoms with Crippen LogP contribution in [0.3, 0.4) is 0 Å². The summed E-state index contributed by atoms with van der Waals surface area (Å²) in [6.45, 7) is -0.106. The van der Waals surface area contributed by atoms with Crippen molar-refractivity contribution in [1.29, 1.82) is 0 Å². The van der Waals surface area contributed by atoms with E-state index in [2.05, 4.69) is 20.7 Å². The smallest absolute Gasteiger partial charge is 0.240 e. The lowest BCUT2D eigenvalue weighted by molar-refractivity contribution is 0.182. The van der Waals surface area contributed by atoms with Gasteiger partial charge in [-0.25, -0.2) is 13.1 Å². The van der Waals surface area contributed by atoms with Gasteiger partial charge in [0.25, 0.3) is 0 Å². The third-order valence-electron chi connectivity index (χ3n) is 3.09. The zero-order valence-corrected chi connectivity index (χ0v) is 14.3. The van der Waals surface area contributed by atoms with Gasteiger partial charge in [-0.2, -0.15) is 0 Å². The molecule has 0 spiro atoms. The molecule has 1 atom stereocenters. The van der Waals surface area contributed by atoms with Crippen LogP contribution in [0, 0.1) is 0 Å². The van der Waals surface area contributed by atoms with E-state index < -0.39 is 16.1 Å². The highest BCUT2D eigenvalue weighted by molar-refractivity contribution is 9.10. The number of ether oxygens (including phenoxy) is 1. The first kappa shape index (κ1) is 17.0. The molecule has 2 aromatic carbocycles. The predicted octanol–water partition coefficient (Wildman–Crippen LogP) is 2.47. The molecule has 0 amide bonds. The zero-order chi connectivity index (χ0) is 16.2. The van der Waals surface area contributed by atoms with Crippen LogP contribution < -0.4 is 9.46 Å². The van der Waals surface area contributed by atoms with Gasteiger partial charge in [0, 0.05) is 11.0 Å². The first-order chi connectivity index (χ1) is 10.4. The molecule has 0 radical (unpaired) electrons. The summed E-state index contributed by atoms with van der Waals surface area (Å²) in [6, 6.07) is 13.1. The van der Waals surface area contributed by atoms with Crippen LogP contribution >= 0.6 is 15.9 Å². The topological polar surface area (TPSA) is 75.6 Å². The van der Waals surface area contributed by atoms with Crippen molar-refractivity contribution in [1.82, 2.24) is 4.72 Å². The average molecular weight is 386 g/mol. The number of aliphatic hydroxyl groups excluding tert-OH is 1. The van der Waals surface area contributed by atoms with Crippen molar-refractivity contribution in [2.75, 3.05) is 13.7 Å². The number of aliphatic hydroxyl groups is 1. The third kappa shape index (κ3) is 4.30. The van der Waals surface area contributed by atoms with Crippen LogP contribution in [0.5, 0.6) is 5.75 Å². The molecule has 0 bridgehead atoms. The van der Waals surface area contributed by atoms with Crippen LogP contribution in [-0.2, 0) is 10.0 Å². The predicted molar refractivity (Wildman–Crippen MR) is 87.3 cm³/mol. The van der Waals surface area contributed by atoms with Crippen LogP contribution in [0.2, 0.25) is 0 Å². The summed E-state index contributed by atoms with van der Waals surface area (Å²) in [5.41, 5.74) is 0.610.